The minimum absolute atomic E-state index is 0.0903. The van der Waals surface area contributed by atoms with Gasteiger partial charge in [-0.25, -0.2) is 0 Å². The van der Waals surface area contributed by atoms with Crippen LogP contribution in [0.3, 0.4) is 0 Å². The van der Waals surface area contributed by atoms with Crippen LogP contribution in [0.25, 0.3) is 0 Å². The van der Waals surface area contributed by atoms with Crippen molar-refractivity contribution >= 4 is 0 Å². The van der Waals surface area contributed by atoms with Crippen LogP contribution in [0.5, 0.6) is 11.5 Å². The number of benzene rings is 1. The van der Waals surface area contributed by atoms with E-state index in [1.807, 2.05) is 0 Å². The van der Waals surface area contributed by atoms with Crippen LogP contribution in [-0.2, 0) is 0 Å². The number of phenols is 2. The first-order valence-electron chi connectivity index (χ1n) is 3.41. The zero-order chi connectivity index (χ0) is 9.30. The van der Waals surface area contributed by atoms with Crippen LogP contribution < -0.4 is 0 Å². The Morgan fingerprint density at radius 2 is 1.75 bits per heavy atom. The molecule has 1 rings (SSSR count). The molecule has 12 heavy (non-hydrogen) atoms. The number of hydrogen-bond acceptors (Lipinski definition) is 4. The predicted octanol–water partition coefficient (Wildman–Crippen LogP) is 0.389. The summed E-state index contributed by atoms with van der Waals surface area (Å²) < 4.78 is 0. The molecule has 0 atom stereocenters. The summed E-state index contributed by atoms with van der Waals surface area (Å²) in [5, 5.41) is 35.7. The van der Waals surface area contributed by atoms with Crippen molar-refractivity contribution in [3.63, 3.8) is 0 Å². The molecular weight excluding hydrogens is 160 g/mol. The molecule has 0 spiro atoms. The highest BCUT2D eigenvalue weighted by atomic mass is 16.5. The fourth-order valence-electron chi connectivity index (χ4n) is 0.984. The molecule has 4 N–H and O–H groups in total. The number of rotatable bonds is 1. The van der Waals surface area contributed by atoms with Gasteiger partial charge in [-0.1, -0.05) is 0 Å². The van der Waals surface area contributed by atoms with Gasteiger partial charge in [0.25, 0.3) is 0 Å². The highest BCUT2D eigenvalue weighted by molar-refractivity contribution is 5.47. The molecule has 0 fully saturated rings. The third kappa shape index (κ3) is 1.49. The average Bonchev–Trinajstić information content (AvgIpc) is 1.96. The summed E-state index contributed by atoms with van der Waals surface area (Å²) in [7, 11) is 0. The first kappa shape index (κ1) is 8.83. The van der Waals surface area contributed by atoms with E-state index < -0.39 is 12.0 Å². The van der Waals surface area contributed by atoms with Gasteiger partial charge < -0.3 is 20.4 Å². The summed E-state index contributed by atoms with van der Waals surface area (Å²) in [5.41, 5.74) is 0.556. The fourth-order valence-corrected chi connectivity index (χ4v) is 0.984. The Labute approximate surface area is 69.3 Å². The Kier molecular flexibility index (Phi) is 2.21. The smallest absolute Gasteiger partial charge is 0.182 e. The third-order valence-electron chi connectivity index (χ3n) is 1.54. The lowest BCUT2D eigenvalue weighted by Crippen LogP contribution is -1.95. The summed E-state index contributed by atoms with van der Waals surface area (Å²) >= 11 is 0. The second-order valence-electron chi connectivity index (χ2n) is 2.60. The molecule has 1 aromatic carbocycles. The first-order chi connectivity index (χ1) is 5.52. The number of hydrogen-bond donors (Lipinski definition) is 4. The lowest BCUT2D eigenvalue weighted by atomic mass is 10.1. The largest absolute Gasteiger partial charge is 0.504 e. The van der Waals surface area contributed by atoms with E-state index in [9.17, 15) is 0 Å². The van der Waals surface area contributed by atoms with E-state index >= 15 is 0 Å². The standard InChI is InChI=1S/C8H10O4/c1-4-2-5(8(11)12)7(10)6(9)3-4/h2-3,8-12H,1H3. The van der Waals surface area contributed by atoms with E-state index in [2.05, 4.69) is 0 Å². The molecule has 0 radical (unpaired) electrons. The molecule has 0 bridgehead atoms. The van der Waals surface area contributed by atoms with E-state index in [4.69, 9.17) is 20.4 Å². The Balaban J connectivity index is 3.28. The highest BCUT2D eigenvalue weighted by Crippen LogP contribution is 2.33. The second kappa shape index (κ2) is 3.00. The van der Waals surface area contributed by atoms with E-state index in [0.717, 1.165) is 0 Å². The predicted molar refractivity (Wildman–Crippen MR) is 41.7 cm³/mol. The van der Waals surface area contributed by atoms with Gasteiger partial charge in [0, 0.05) is 0 Å². The van der Waals surface area contributed by atoms with E-state index in [-0.39, 0.29) is 11.3 Å². The maximum atomic E-state index is 9.12. The van der Waals surface area contributed by atoms with Gasteiger partial charge in [0.2, 0.25) is 0 Å². The molecular formula is C8H10O4. The van der Waals surface area contributed by atoms with Crippen molar-refractivity contribution < 1.29 is 20.4 Å². The zero-order valence-corrected chi connectivity index (χ0v) is 6.52. The van der Waals surface area contributed by atoms with Gasteiger partial charge in [0.1, 0.15) is 0 Å². The fraction of sp³-hybridized carbons (Fsp3) is 0.250. The average molecular weight is 170 g/mol. The molecule has 0 aliphatic carbocycles. The van der Waals surface area contributed by atoms with Gasteiger partial charge in [-0.15, -0.1) is 0 Å². The highest BCUT2D eigenvalue weighted by Gasteiger charge is 2.12. The monoisotopic (exact) mass is 170 g/mol. The van der Waals surface area contributed by atoms with Crippen LogP contribution in [0.15, 0.2) is 12.1 Å². The molecule has 0 saturated heterocycles. The van der Waals surface area contributed by atoms with Crippen LogP contribution in [0.4, 0.5) is 0 Å². The minimum atomic E-state index is -1.77. The van der Waals surface area contributed by atoms with Crippen molar-refractivity contribution in [2.75, 3.05) is 0 Å². The Morgan fingerprint density at radius 1 is 1.17 bits per heavy atom. The molecule has 0 unspecified atom stereocenters. The summed E-state index contributed by atoms with van der Waals surface area (Å²) in [6.45, 7) is 1.67. The first-order valence-corrected chi connectivity index (χ1v) is 3.41. The van der Waals surface area contributed by atoms with E-state index in [1.54, 1.807) is 6.92 Å². The second-order valence-corrected chi connectivity index (χ2v) is 2.60. The normalized spacial score (nSPS) is 10.7. The third-order valence-corrected chi connectivity index (χ3v) is 1.54. The molecule has 0 amide bonds. The molecule has 0 aromatic heterocycles. The zero-order valence-electron chi connectivity index (χ0n) is 6.52. The molecule has 4 nitrogen and oxygen atoms in total. The molecule has 1 aromatic rings. The van der Waals surface area contributed by atoms with Gasteiger partial charge in [-0.2, -0.15) is 0 Å². The van der Waals surface area contributed by atoms with Crippen molar-refractivity contribution in [1.82, 2.24) is 0 Å². The lowest BCUT2D eigenvalue weighted by molar-refractivity contribution is -0.0441. The van der Waals surface area contributed by atoms with Gasteiger partial charge in [-0.05, 0) is 24.6 Å². The Hall–Kier alpha value is -1.26. The lowest BCUT2D eigenvalue weighted by Gasteiger charge is -2.08. The molecule has 66 valence electrons. The van der Waals surface area contributed by atoms with Gasteiger partial charge in [-0.3, -0.25) is 0 Å². The Morgan fingerprint density at radius 3 is 2.25 bits per heavy atom. The SMILES string of the molecule is Cc1cc(O)c(O)c(C(O)O)c1. The molecule has 0 saturated carbocycles. The number of aryl methyl sites for hydroxylation is 1. The van der Waals surface area contributed by atoms with Crippen molar-refractivity contribution in [2.45, 2.75) is 13.2 Å². The number of aromatic hydroxyl groups is 2. The van der Waals surface area contributed by atoms with Crippen LogP contribution in [0, 0.1) is 6.92 Å². The van der Waals surface area contributed by atoms with Crippen molar-refractivity contribution in [3.05, 3.63) is 23.3 Å². The maximum absolute atomic E-state index is 9.12. The van der Waals surface area contributed by atoms with Crippen LogP contribution in [-0.4, -0.2) is 20.4 Å². The van der Waals surface area contributed by atoms with E-state index in [0.29, 0.717) is 5.56 Å². The van der Waals surface area contributed by atoms with Gasteiger partial charge in [0.05, 0.1) is 5.56 Å². The van der Waals surface area contributed by atoms with Gasteiger partial charge in [0.15, 0.2) is 17.8 Å². The molecule has 4 heteroatoms. The molecule has 0 aliphatic rings. The topological polar surface area (TPSA) is 80.9 Å². The quantitative estimate of drug-likeness (QED) is 0.363. The van der Waals surface area contributed by atoms with Crippen molar-refractivity contribution in [1.29, 1.82) is 0 Å². The molecule has 0 aliphatic heterocycles. The summed E-state index contributed by atoms with van der Waals surface area (Å²) in [5.74, 6) is -0.839. The van der Waals surface area contributed by atoms with Crippen LogP contribution >= 0.6 is 0 Å². The molecule has 0 heterocycles. The van der Waals surface area contributed by atoms with Crippen LogP contribution in [0.1, 0.15) is 17.4 Å². The van der Waals surface area contributed by atoms with Crippen LogP contribution in [0.2, 0.25) is 0 Å². The number of aliphatic hydroxyl groups is 2. The summed E-state index contributed by atoms with van der Waals surface area (Å²) in [6.07, 6.45) is -1.77. The van der Waals surface area contributed by atoms with Gasteiger partial charge >= 0.3 is 0 Å². The Bertz CT molecular complexity index is 293. The number of phenolic OH excluding ortho intramolecular Hbond substituents is 2. The summed E-state index contributed by atoms with van der Waals surface area (Å²) in [4.78, 5) is 0. The number of aliphatic hydroxyl groups excluding tert-OH is 1. The maximum Gasteiger partial charge on any atom is 0.182 e. The summed E-state index contributed by atoms with van der Waals surface area (Å²) in [6, 6.07) is 2.72. The minimum Gasteiger partial charge on any atom is -0.504 e. The van der Waals surface area contributed by atoms with Crippen molar-refractivity contribution in [2.24, 2.45) is 0 Å². The van der Waals surface area contributed by atoms with Crippen molar-refractivity contribution in [3.8, 4) is 11.5 Å². The van der Waals surface area contributed by atoms with E-state index in [1.165, 1.54) is 12.1 Å².